The molecule has 0 saturated heterocycles. The number of carbonyl (C=O) groups excluding carboxylic acids is 1. The highest BCUT2D eigenvalue weighted by atomic mass is 79.9. The zero-order chi connectivity index (χ0) is 12.2. The lowest BCUT2D eigenvalue weighted by Gasteiger charge is -2.57. The topological polar surface area (TPSA) is 55.1 Å². The Labute approximate surface area is 110 Å². The fourth-order valence-electron chi connectivity index (χ4n) is 3.74. The second kappa shape index (κ2) is 3.61. The summed E-state index contributed by atoms with van der Waals surface area (Å²) in [5, 5.41) is 2.94. The van der Waals surface area contributed by atoms with Gasteiger partial charge >= 0.3 is 6.03 Å². The van der Waals surface area contributed by atoms with E-state index in [1.807, 2.05) is 0 Å². The number of primary amides is 1. The van der Waals surface area contributed by atoms with Crippen LogP contribution in [0, 0.1) is 17.8 Å². The van der Waals surface area contributed by atoms with Crippen LogP contribution in [0.2, 0.25) is 0 Å². The third-order valence-corrected chi connectivity index (χ3v) is 5.95. The largest absolute Gasteiger partial charge is 0.352 e. The Bertz CT molecular complexity index is 431. The number of carbonyl (C=O) groups is 1. The summed E-state index contributed by atoms with van der Waals surface area (Å²) in [4.78, 5) is 11.5. The molecule has 3 N–H and O–H groups in total. The van der Waals surface area contributed by atoms with E-state index in [9.17, 15) is 4.79 Å². The number of nitrogens with one attached hydrogen (secondary N) is 1. The molecule has 0 radical (unpaired) electrons. The molecular weight excluding hydrogens is 280 g/mol. The van der Waals surface area contributed by atoms with Gasteiger partial charge in [-0.25, -0.2) is 4.79 Å². The Morgan fingerprint density at radius 2 is 2.35 bits per heavy atom. The van der Waals surface area contributed by atoms with Crippen LogP contribution in [0.15, 0.2) is 23.8 Å². The van der Waals surface area contributed by atoms with Gasteiger partial charge in [0.1, 0.15) is 0 Å². The van der Waals surface area contributed by atoms with Gasteiger partial charge in [0.25, 0.3) is 0 Å². The number of nitrogens with two attached hydrogens (primary N) is 1. The van der Waals surface area contributed by atoms with E-state index in [1.54, 1.807) is 0 Å². The lowest BCUT2D eigenvalue weighted by atomic mass is 9.51. The van der Waals surface area contributed by atoms with Crippen LogP contribution in [0.5, 0.6) is 0 Å². The van der Waals surface area contributed by atoms with Gasteiger partial charge in [-0.15, -0.1) is 0 Å². The van der Waals surface area contributed by atoms with Gasteiger partial charge in [-0.2, -0.15) is 0 Å². The predicted molar refractivity (Wildman–Crippen MR) is 70.8 cm³/mol. The first-order valence-corrected chi connectivity index (χ1v) is 7.04. The first-order valence-electron chi connectivity index (χ1n) is 6.13. The molecule has 0 heterocycles. The summed E-state index contributed by atoms with van der Waals surface area (Å²) in [5.74, 6) is 2.06. The van der Waals surface area contributed by atoms with Crippen molar-refractivity contribution in [1.82, 2.24) is 5.32 Å². The number of rotatable bonds is 1. The van der Waals surface area contributed by atoms with Crippen molar-refractivity contribution in [2.24, 2.45) is 23.5 Å². The quantitative estimate of drug-likeness (QED) is 0.717. The highest BCUT2D eigenvalue weighted by molar-refractivity contribution is 9.09. The van der Waals surface area contributed by atoms with Crippen molar-refractivity contribution in [2.45, 2.75) is 30.1 Å². The molecule has 3 nitrogen and oxygen atoms in total. The van der Waals surface area contributed by atoms with Crippen molar-refractivity contribution >= 4 is 22.0 Å². The lowest BCUT2D eigenvalue weighted by molar-refractivity contribution is 0.0776. The van der Waals surface area contributed by atoms with E-state index in [0.29, 0.717) is 11.8 Å². The molecule has 5 atom stereocenters. The van der Waals surface area contributed by atoms with E-state index in [1.165, 1.54) is 12.0 Å². The van der Waals surface area contributed by atoms with Crippen LogP contribution in [0.4, 0.5) is 4.79 Å². The Balaban J connectivity index is 1.99. The lowest BCUT2D eigenvalue weighted by Crippen LogP contribution is -2.63. The molecule has 3 aliphatic carbocycles. The molecular formula is C13H17BrN2O. The third-order valence-electron chi connectivity index (χ3n) is 4.66. The van der Waals surface area contributed by atoms with Crippen LogP contribution in [0.1, 0.15) is 19.8 Å². The van der Waals surface area contributed by atoms with E-state index in [-0.39, 0.29) is 10.4 Å². The Morgan fingerprint density at radius 1 is 1.59 bits per heavy atom. The van der Waals surface area contributed by atoms with Crippen LogP contribution in [-0.4, -0.2) is 16.4 Å². The number of hydrogen-bond acceptors (Lipinski definition) is 1. The van der Waals surface area contributed by atoms with E-state index >= 15 is 0 Å². The van der Waals surface area contributed by atoms with Crippen molar-refractivity contribution in [1.29, 1.82) is 0 Å². The van der Waals surface area contributed by atoms with Gasteiger partial charge in [0.2, 0.25) is 0 Å². The number of alkyl halides is 1. The molecule has 0 bridgehead atoms. The maximum atomic E-state index is 11.2. The van der Waals surface area contributed by atoms with Crippen LogP contribution in [0.25, 0.3) is 0 Å². The van der Waals surface area contributed by atoms with Gasteiger partial charge < -0.3 is 11.1 Å². The molecule has 3 rings (SSSR count). The molecule has 0 aliphatic heterocycles. The zero-order valence-corrected chi connectivity index (χ0v) is 11.4. The van der Waals surface area contributed by atoms with Crippen molar-refractivity contribution < 1.29 is 4.79 Å². The highest BCUT2D eigenvalue weighted by Crippen LogP contribution is 2.58. The van der Waals surface area contributed by atoms with Gasteiger partial charge in [-0.1, -0.05) is 34.2 Å². The zero-order valence-electron chi connectivity index (χ0n) is 9.82. The van der Waals surface area contributed by atoms with Gasteiger partial charge in [-0.3, -0.25) is 0 Å². The second-order valence-electron chi connectivity index (χ2n) is 5.59. The van der Waals surface area contributed by atoms with Gasteiger partial charge in [0.15, 0.2) is 0 Å². The summed E-state index contributed by atoms with van der Waals surface area (Å²) in [6.45, 7) is 2.08. The first kappa shape index (κ1) is 11.3. The number of urea groups is 1. The summed E-state index contributed by atoms with van der Waals surface area (Å²) in [7, 11) is 0. The van der Waals surface area contributed by atoms with Crippen molar-refractivity contribution in [2.75, 3.05) is 0 Å². The Kier molecular flexibility index (Phi) is 2.41. The fraction of sp³-hybridized carbons (Fsp3) is 0.615. The second-order valence-corrected chi connectivity index (χ2v) is 6.69. The van der Waals surface area contributed by atoms with E-state index < -0.39 is 6.03 Å². The van der Waals surface area contributed by atoms with Crippen LogP contribution in [0.3, 0.4) is 0 Å². The monoisotopic (exact) mass is 296 g/mol. The molecule has 3 aliphatic rings. The van der Waals surface area contributed by atoms with Crippen molar-refractivity contribution in [3.63, 3.8) is 0 Å². The van der Waals surface area contributed by atoms with E-state index in [2.05, 4.69) is 46.4 Å². The van der Waals surface area contributed by atoms with Crippen LogP contribution in [-0.2, 0) is 0 Å². The van der Waals surface area contributed by atoms with Gasteiger partial charge in [-0.05, 0) is 43.1 Å². The summed E-state index contributed by atoms with van der Waals surface area (Å²) in [5.41, 5.74) is 6.33. The molecule has 2 amide bonds. The van der Waals surface area contributed by atoms with E-state index in [4.69, 9.17) is 5.73 Å². The third kappa shape index (κ3) is 1.49. The summed E-state index contributed by atoms with van der Waals surface area (Å²) in [6, 6.07) is -0.443. The smallest absolute Gasteiger partial charge is 0.312 e. The average molecular weight is 297 g/mol. The average Bonchev–Trinajstić information content (AvgIpc) is 2.22. The molecule has 92 valence electrons. The fourth-order valence-corrected chi connectivity index (χ4v) is 4.60. The van der Waals surface area contributed by atoms with Crippen LogP contribution >= 0.6 is 15.9 Å². The number of halogens is 1. The molecule has 0 aromatic carbocycles. The maximum Gasteiger partial charge on any atom is 0.312 e. The molecule has 17 heavy (non-hydrogen) atoms. The normalized spacial score (nSPS) is 46.6. The molecule has 0 aromatic heterocycles. The SMILES string of the molecule is C[C@@]1(NC(N)=O)C2=CC=CC3CC(CC1Br)[C@H]23. The van der Waals surface area contributed by atoms with Crippen molar-refractivity contribution in [3.8, 4) is 0 Å². The maximum absolute atomic E-state index is 11.2. The highest BCUT2D eigenvalue weighted by Gasteiger charge is 2.55. The molecule has 3 unspecified atom stereocenters. The summed E-state index contributed by atoms with van der Waals surface area (Å²) < 4.78 is 0. The standard InChI is InChI=1S/C13H17BrN2O/c1-13(16-12(15)17)9-4-2-3-7-5-8(11(7)9)6-10(13)14/h2-4,7-8,10-11H,5-6H2,1H3,(H3,15,16,17)/t7?,8?,10?,11-,13-/m1/s1. The predicted octanol–water partition coefficient (Wildman–Crippen LogP) is 2.33. The molecule has 0 spiro atoms. The van der Waals surface area contributed by atoms with Crippen molar-refractivity contribution in [3.05, 3.63) is 23.8 Å². The summed E-state index contributed by atoms with van der Waals surface area (Å²) >= 11 is 3.73. The summed E-state index contributed by atoms with van der Waals surface area (Å²) in [6.07, 6.45) is 8.98. The number of hydrogen-bond donors (Lipinski definition) is 2. The first-order chi connectivity index (χ1) is 8.02. The van der Waals surface area contributed by atoms with Gasteiger partial charge in [0, 0.05) is 4.83 Å². The van der Waals surface area contributed by atoms with Gasteiger partial charge in [0.05, 0.1) is 5.54 Å². The Hall–Kier alpha value is -0.770. The molecule has 2 saturated carbocycles. The minimum atomic E-state index is -0.443. The molecule has 2 fully saturated rings. The minimum Gasteiger partial charge on any atom is -0.352 e. The minimum absolute atomic E-state index is 0.266. The van der Waals surface area contributed by atoms with E-state index in [0.717, 1.165) is 12.3 Å². The Morgan fingerprint density at radius 3 is 3.06 bits per heavy atom. The van der Waals surface area contributed by atoms with Crippen LogP contribution < -0.4 is 11.1 Å². The number of allylic oxidation sites excluding steroid dienone is 3. The number of amides is 2. The molecule has 4 heteroatoms. The molecule has 0 aromatic rings.